The summed E-state index contributed by atoms with van der Waals surface area (Å²) in [6.07, 6.45) is -4.30. The van der Waals surface area contributed by atoms with E-state index in [-0.39, 0.29) is 0 Å². The van der Waals surface area contributed by atoms with Crippen LogP contribution in [0.3, 0.4) is 0 Å². The highest BCUT2D eigenvalue weighted by atomic mass is 31.0. The van der Waals surface area contributed by atoms with Gasteiger partial charge in [-0.25, -0.2) is 0 Å². The van der Waals surface area contributed by atoms with Gasteiger partial charge in [-0.2, -0.15) is 13.2 Å². The van der Waals surface area contributed by atoms with Crippen LogP contribution < -0.4 is 5.30 Å². The monoisotopic (exact) mass is 254 g/mol. The van der Waals surface area contributed by atoms with Gasteiger partial charge in [-0.1, -0.05) is 36.4 Å². The van der Waals surface area contributed by atoms with Crippen LogP contribution in [0.15, 0.2) is 48.5 Å². The molecule has 1 unspecified atom stereocenters. The number of halogens is 3. The molecule has 0 heterocycles. The van der Waals surface area contributed by atoms with E-state index in [1.807, 2.05) is 18.2 Å². The van der Waals surface area contributed by atoms with Crippen LogP contribution in [0.2, 0.25) is 0 Å². The minimum absolute atomic E-state index is 0.574. The highest BCUT2D eigenvalue weighted by molar-refractivity contribution is 7.28. The van der Waals surface area contributed by atoms with Gasteiger partial charge in [-0.15, -0.1) is 9.24 Å². The minimum atomic E-state index is -4.30. The van der Waals surface area contributed by atoms with Crippen LogP contribution in [0.4, 0.5) is 13.2 Å². The predicted molar refractivity (Wildman–Crippen MR) is 66.2 cm³/mol. The second-order valence-corrected chi connectivity index (χ2v) is 4.29. The maximum Gasteiger partial charge on any atom is 0.416 e. The van der Waals surface area contributed by atoms with Crippen LogP contribution in [-0.2, 0) is 6.18 Å². The molecule has 0 aliphatic carbocycles. The van der Waals surface area contributed by atoms with E-state index in [1.54, 1.807) is 12.1 Å². The normalized spacial score (nSPS) is 11.5. The van der Waals surface area contributed by atoms with Crippen molar-refractivity contribution in [3.8, 4) is 11.1 Å². The van der Waals surface area contributed by atoms with Gasteiger partial charge in [0, 0.05) is 0 Å². The molecule has 2 rings (SSSR count). The number of hydrogen-bond donors (Lipinski definition) is 0. The molecule has 88 valence electrons. The zero-order chi connectivity index (χ0) is 12.5. The van der Waals surface area contributed by atoms with Gasteiger partial charge in [0.05, 0.1) is 5.56 Å². The fourth-order valence-corrected chi connectivity index (χ4v) is 2.00. The van der Waals surface area contributed by atoms with Gasteiger partial charge in [-0.05, 0) is 28.6 Å². The van der Waals surface area contributed by atoms with E-state index in [1.165, 1.54) is 12.1 Å². The first-order valence-corrected chi connectivity index (χ1v) is 5.58. The van der Waals surface area contributed by atoms with Crippen molar-refractivity contribution in [1.29, 1.82) is 0 Å². The van der Waals surface area contributed by atoms with Gasteiger partial charge in [0.25, 0.3) is 0 Å². The first-order valence-electron chi connectivity index (χ1n) is 5.00. The summed E-state index contributed by atoms with van der Waals surface area (Å²) >= 11 is 0. The first kappa shape index (κ1) is 12.1. The van der Waals surface area contributed by atoms with Crippen molar-refractivity contribution < 1.29 is 13.2 Å². The Balaban J connectivity index is 2.51. The topological polar surface area (TPSA) is 0 Å². The maximum absolute atomic E-state index is 12.6. The lowest BCUT2D eigenvalue weighted by molar-refractivity contribution is -0.137. The molecule has 0 aliphatic rings. The van der Waals surface area contributed by atoms with Gasteiger partial charge in [0.1, 0.15) is 0 Å². The van der Waals surface area contributed by atoms with E-state index in [0.717, 1.165) is 16.9 Å². The summed E-state index contributed by atoms with van der Waals surface area (Å²) in [7, 11) is 2.53. The van der Waals surface area contributed by atoms with E-state index in [0.29, 0.717) is 5.56 Å². The van der Waals surface area contributed by atoms with Gasteiger partial charge >= 0.3 is 6.18 Å². The summed E-state index contributed by atoms with van der Waals surface area (Å²) in [6, 6.07) is 12.7. The SMILES string of the molecule is FC(F)(F)c1cccc(-c2ccccc2P)c1. The number of rotatable bonds is 1. The average molecular weight is 254 g/mol. The van der Waals surface area contributed by atoms with Crippen LogP contribution in [0.5, 0.6) is 0 Å². The molecule has 0 fully saturated rings. The summed E-state index contributed by atoms with van der Waals surface area (Å²) < 4.78 is 37.7. The summed E-state index contributed by atoms with van der Waals surface area (Å²) in [5.74, 6) is 0. The van der Waals surface area contributed by atoms with Gasteiger partial charge in [-0.3, -0.25) is 0 Å². The van der Waals surface area contributed by atoms with E-state index in [9.17, 15) is 13.2 Å². The molecular weight excluding hydrogens is 244 g/mol. The smallest absolute Gasteiger partial charge is 0.166 e. The molecule has 17 heavy (non-hydrogen) atoms. The lowest BCUT2D eigenvalue weighted by Crippen LogP contribution is -2.05. The zero-order valence-corrected chi connectivity index (χ0v) is 9.98. The summed E-state index contributed by atoms with van der Waals surface area (Å²) in [5, 5.41) is 0.881. The largest absolute Gasteiger partial charge is 0.416 e. The predicted octanol–water partition coefficient (Wildman–Crippen LogP) is 3.87. The maximum atomic E-state index is 12.6. The number of benzene rings is 2. The highest BCUT2D eigenvalue weighted by Gasteiger charge is 2.30. The van der Waals surface area contributed by atoms with Crippen molar-refractivity contribution in [2.75, 3.05) is 0 Å². The van der Waals surface area contributed by atoms with E-state index < -0.39 is 11.7 Å². The first-order chi connectivity index (χ1) is 7.98. The Morgan fingerprint density at radius 1 is 0.882 bits per heavy atom. The Morgan fingerprint density at radius 2 is 1.59 bits per heavy atom. The fraction of sp³-hybridized carbons (Fsp3) is 0.0769. The molecule has 0 amide bonds. The minimum Gasteiger partial charge on any atom is -0.166 e. The van der Waals surface area contributed by atoms with Crippen molar-refractivity contribution in [2.45, 2.75) is 6.18 Å². The molecule has 0 aromatic heterocycles. The quantitative estimate of drug-likeness (QED) is 0.677. The number of hydrogen-bond acceptors (Lipinski definition) is 0. The van der Waals surface area contributed by atoms with Crippen LogP contribution in [0.25, 0.3) is 11.1 Å². The number of alkyl halides is 3. The Hall–Kier alpha value is -1.34. The fourth-order valence-electron chi connectivity index (χ4n) is 1.62. The van der Waals surface area contributed by atoms with Crippen molar-refractivity contribution in [3.05, 3.63) is 54.1 Å². The molecule has 2 aromatic carbocycles. The molecule has 0 saturated carbocycles. The molecule has 0 nitrogen and oxygen atoms in total. The molecule has 0 saturated heterocycles. The van der Waals surface area contributed by atoms with Gasteiger partial charge in [0.2, 0.25) is 0 Å². The van der Waals surface area contributed by atoms with E-state index in [4.69, 9.17) is 0 Å². The van der Waals surface area contributed by atoms with Crippen LogP contribution >= 0.6 is 9.24 Å². The Labute approximate surface area is 99.7 Å². The Kier molecular flexibility index (Phi) is 3.21. The molecule has 0 bridgehead atoms. The molecule has 2 aromatic rings. The van der Waals surface area contributed by atoms with Gasteiger partial charge < -0.3 is 0 Å². The Morgan fingerprint density at radius 3 is 2.24 bits per heavy atom. The Bertz CT molecular complexity index is 532. The van der Waals surface area contributed by atoms with Crippen molar-refractivity contribution in [2.24, 2.45) is 0 Å². The summed E-state index contributed by atoms with van der Waals surface area (Å²) in [4.78, 5) is 0. The highest BCUT2D eigenvalue weighted by Crippen LogP contribution is 2.31. The van der Waals surface area contributed by atoms with Gasteiger partial charge in [0.15, 0.2) is 0 Å². The lowest BCUT2D eigenvalue weighted by Gasteiger charge is -2.10. The molecular formula is C13H10F3P. The third-order valence-corrected chi connectivity index (χ3v) is 2.97. The van der Waals surface area contributed by atoms with Crippen molar-refractivity contribution >= 4 is 14.5 Å². The van der Waals surface area contributed by atoms with E-state index >= 15 is 0 Å². The molecule has 0 spiro atoms. The molecule has 0 aliphatic heterocycles. The summed E-state index contributed by atoms with van der Waals surface area (Å²) in [5.41, 5.74) is 0.747. The standard InChI is InChI=1S/C13H10F3P/c14-13(15,16)10-5-3-4-9(8-10)11-6-1-2-7-12(11)17/h1-8H,17H2. The summed E-state index contributed by atoms with van der Waals surface area (Å²) in [6.45, 7) is 0. The molecule has 4 heteroatoms. The zero-order valence-electron chi connectivity index (χ0n) is 8.83. The van der Waals surface area contributed by atoms with E-state index in [2.05, 4.69) is 9.24 Å². The van der Waals surface area contributed by atoms with Crippen LogP contribution in [-0.4, -0.2) is 0 Å². The third-order valence-electron chi connectivity index (χ3n) is 2.46. The molecule has 0 N–H and O–H groups in total. The molecule has 1 atom stereocenters. The average Bonchev–Trinajstić information content (AvgIpc) is 2.29. The lowest BCUT2D eigenvalue weighted by atomic mass is 10.0. The van der Waals surface area contributed by atoms with Crippen molar-refractivity contribution in [1.82, 2.24) is 0 Å². The third kappa shape index (κ3) is 2.67. The van der Waals surface area contributed by atoms with Crippen molar-refractivity contribution in [3.63, 3.8) is 0 Å². The van der Waals surface area contributed by atoms with Crippen LogP contribution in [0.1, 0.15) is 5.56 Å². The van der Waals surface area contributed by atoms with Crippen LogP contribution in [0, 0.1) is 0 Å². The molecule has 0 radical (unpaired) electrons. The second kappa shape index (κ2) is 4.50. The second-order valence-electron chi connectivity index (χ2n) is 3.67.